The predicted molar refractivity (Wildman–Crippen MR) is 67.8 cm³/mol. The van der Waals surface area contributed by atoms with Gasteiger partial charge in [-0.2, -0.15) is 5.26 Å². The van der Waals surface area contributed by atoms with Crippen molar-refractivity contribution in [1.82, 2.24) is 4.98 Å². The van der Waals surface area contributed by atoms with Crippen molar-refractivity contribution in [3.8, 4) is 11.8 Å². The molecular formula is C14H20N2O. The van der Waals surface area contributed by atoms with Crippen LogP contribution >= 0.6 is 0 Å². The van der Waals surface area contributed by atoms with Gasteiger partial charge in [-0.25, -0.2) is 0 Å². The van der Waals surface area contributed by atoms with Gasteiger partial charge in [0.25, 0.3) is 0 Å². The van der Waals surface area contributed by atoms with E-state index in [1.165, 1.54) is 19.3 Å². The maximum atomic E-state index is 8.92. The van der Waals surface area contributed by atoms with Crippen molar-refractivity contribution in [2.75, 3.05) is 6.61 Å². The SMILES string of the molecule is CCCCC(CC)COc1cnccc1C#N. The highest BCUT2D eigenvalue weighted by molar-refractivity contribution is 5.40. The lowest BCUT2D eigenvalue weighted by atomic mass is 10.0. The molecule has 1 unspecified atom stereocenters. The average molecular weight is 232 g/mol. The van der Waals surface area contributed by atoms with Gasteiger partial charge >= 0.3 is 0 Å². The first-order valence-electron chi connectivity index (χ1n) is 6.28. The maximum absolute atomic E-state index is 8.92. The molecule has 17 heavy (non-hydrogen) atoms. The molecule has 92 valence electrons. The minimum atomic E-state index is 0.561. The fourth-order valence-corrected chi connectivity index (χ4v) is 1.69. The average Bonchev–Trinajstić information content (AvgIpc) is 2.39. The molecule has 0 saturated heterocycles. The summed E-state index contributed by atoms with van der Waals surface area (Å²) < 4.78 is 5.69. The Morgan fingerprint density at radius 1 is 1.47 bits per heavy atom. The number of hydrogen-bond acceptors (Lipinski definition) is 3. The molecule has 0 aliphatic carbocycles. The first kappa shape index (κ1) is 13.5. The van der Waals surface area contributed by atoms with Gasteiger partial charge in [-0.1, -0.05) is 33.1 Å². The lowest BCUT2D eigenvalue weighted by molar-refractivity contribution is 0.232. The number of nitrogens with zero attached hydrogens (tertiary/aromatic N) is 2. The molecular weight excluding hydrogens is 212 g/mol. The summed E-state index contributed by atoms with van der Waals surface area (Å²) in [5, 5.41) is 8.92. The van der Waals surface area contributed by atoms with E-state index in [2.05, 4.69) is 24.9 Å². The number of ether oxygens (including phenoxy) is 1. The molecule has 3 nitrogen and oxygen atoms in total. The van der Waals surface area contributed by atoms with Crippen LogP contribution in [0.4, 0.5) is 0 Å². The van der Waals surface area contributed by atoms with Crippen molar-refractivity contribution in [1.29, 1.82) is 5.26 Å². The zero-order chi connectivity index (χ0) is 12.5. The Kier molecular flexibility index (Phi) is 6.09. The Labute approximate surface area is 103 Å². The van der Waals surface area contributed by atoms with E-state index in [9.17, 15) is 0 Å². The summed E-state index contributed by atoms with van der Waals surface area (Å²) in [6.45, 7) is 5.05. The molecule has 1 atom stereocenters. The topological polar surface area (TPSA) is 45.9 Å². The molecule has 1 heterocycles. The van der Waals surface area contributed by atoms with Gasteiger partial charge in [0, 0.05) is 6.20 Å². The van der Waals surface area contributed by atoms with E-state index in [1.807, 2.05) is 0 Å². The van der Waals surface area contributed by atoms with Gasteiger partial charge < -0.3 is 4.74 Å². The molecule has 0 bridgehead atoms. The zero-order valence-corrected chi connectivity index (χ0v) is 10.6. The van der Waals surface area contributed by atoms with Gasteiger partial charge in [-0.15, -0.1) is 0 Å². The summed E-state index contributed by atoms with van der Waals surface area (Å²) >= 11 is 0. The molecule has 1 aromatic heterocycles. The third-order valence-corrected chi connectivity index (χ3v) is 2.92. The fourth-order valence-electron chi connectivity index (χ4n) is 1.69. The minimum Gasteiger partial charge on any atom is -0.490 e. The van der Waals surface area contributed by atoms with E-state index in [4.69, 9.17) is 10.00 Å². The van der Waals surface area contributed by atoms with Crippen molar-refractivity contribution in [3.05, 3.63) is 24.0 Å². The Morgan fingerprint density at radius 3 is 2.94 bits per heavy atom. The van der Waals surface area contributed by atoms with Crippen molar-refractivity contribution in [2.24, 2.45) is 5.92 Å². The number of pyridine rings is 1. The Morgan fingerprint density at radius 2 is 2.29 bits per heavy atom. The second-order valence-corrected chi connectivity index (χ2v) is 4.21. The molecule has 0 fully saturated rings. The third-order valence-electron chi connectivity index (χ3n) is 2.92. The number of aromatic nitrogens is 1. The lowest BCUT2D eigenvalue weighted by Crippen LogP contribution is -2.12. The summed E-state index contributed by atoms with van der Waals surface area (Å²) in [5.41, 5.74) is 0.561. The van der Waals surface area contributed by atoms with E-state index in [0.29, 0.717) is 23.8 Å². The van der Waals surface area contributed by atoms with Gasteiger partial charge in [0.1, 0.15) is 6.07 Å². The monoisotopic (exact) mass is 232 g/mol. The van der Waals surface area contributed by atoms with Gasteiger partial charge in [0.15, 0.2) is 5.75 Å². The van der Waals surface area contributed by atoms with E-state index < -0.39 is 0 Å². The van der Waals surface area contributed by atoms with Crippen LogP contribution in [0.25, 0.3) is 0 Å². The van der Waals surface area contributed by atoms with Crippen LogP contribution in [0.2, 0.25) is 0 Å². The fraction of sp³-hybridized carbons (Fsp3) is 0.571. The van der Waals surface area contributed by atoms with E-state index in [1.54, 1.807) is 18.5 Å². The maximum Gasteiger partial charge on any atom is 0.155 e. The molecule has 0 spiro atoms. The van der Waals surface area contributed by atoms with Gasteiger partial charge in [-0.3, -0.25) is 4.98 Å². The highest BCUT2D eigenvalue weighted by Gasteiger charge is 2.09. The van der Waals surface area contributed by atoms with Crippen LogP contribution in [0.15, 0.2) is 18.5 Å². The normalized spacial score (nSPS) is 11.8. The molecule has 0 N–H and O–H groups in total. The van der Waals surface area contributed by atoms with Crippen LogP contribution in [0.3, 0.4) is 0 Å². The lowest BCUT2D eigenvalue weighted by Gasteiger charge is -2.15. The molecule has 0 saturated carbocycles. The number of unbranched alkanes of at least 4 members (excludes halogenated alkanes) is 1. The van der Waals surface area contributed by atoms with E-state index in [0.717, 1.165) is 6.42 Å². The standard InChI is InChI=1S/C14H20N2O/c1-3-5-6-12(4-2)11-17-14-10-16-8-7-13(14)9-15/h7-8,10,12H,3-6,11H2,1-2H3. The Hall–Kier alpha value is -1.56. The summed E-state index contributed by atoms with van der Waals surface area (Å²) in [5.74, 6) is 1.17. The van der Waals surface area contributed by atoms with Crippen LogP contribution in [-0.2, 0) is 0 Å². The van der Waals surface area contributed by atoms with Crippen LogP contribution in [0.1, 0.15) is 45.1 Å². The van der Waals surface area contributed by atoms with Crippen LogP contribution < -0.4 is 4.74 Å². The summed E-state index contributed by atoms with van der Waals surface area (Å²) in [6.07, 6.45) is 7.98. The first-order valence-corrected chi connectivity index (χ1v) is 6.28. The Bertz CT molecular complexity index is 371. The molecule has 1 rings (SSSR count). The van der Waals surface area contributed by atoms with Gasteiger partial charge in [0.2, 0.25) is 0 Å². The molecule has 0 aliphatic heterocycles. The van der Waals surface area contributed by atoms with Crippen LogP contribution in [-0.4, -0.2) is 11.6 Å². The number of rotatable bonds is 7. The first-order chi connectivity index (χ1) is 8.31. The molecule has 0 aromatic carbocycles. The van der Waals surface area contributed by atoms with Crippen molar-refractivity contribution >= 4 is 0 Å². The summed E-state index contributed by atoms with van der Waals surface area (Å²) in [6, 6.07) is 3.80. The van der Waals surface area contributed by atoms with Crippen molar-refractivity contribution in [3.63, 3.8) is 0 Å². The molecule has 0 amide bonds. The second-order valence-electron chi connectivity index (χ2n) is 4.21. The highest BCUT2D eigenvalue weighted by Crippen LogP contribution is 2.18. The smallest absolute Gasteiger partial charge is 0.155 e. The Balaban J connectivity index is 2.51. The molecule has 3 heteroatoms. The van der Waals surface area contributed by atoms with Gasteiger partial charge in [0.05, 0.1) is 18.4 Å². The summed E-state index contributed by atoms with van der Waals surface area (Å²) in [4.78, 5) is 3.98. The molecule has 0 aliphatic rings. The predicted octanol–water partition coefficient (Wildman–Crippen LogP) is 3.55. The summed E-state index contributed by atoms with van der Waals surface area (Å²) in [7, 11) is 0. The quantitative estimate of drug-likeness (QED) is 0.722. The minimum absolute atomic E-state index is 0.561. The van der Waals surface area contributed by atoms with Crippen molar-refractivity contribution in [2.45, 2.75) is 39.5 Å². The zero-order valence-electron chi connectivity index (χ0n) is 10.6. The van der Waals surface area contributed by atoms with E-state index in [-0.39, 0.29) is 0 Å². The number of nitriles is 1. The van der Waals surface area contributed by atoms with E-state index >= 15 is 0 Å². The van der Waals surface area contributed by atoms with Crippen molar-refractivity contribution < 1.29 is 4.74 Å². The highest BCUT2D eigenvalue weighted by atomic mass is 16.5. The molecule has 0 radical (unpaired) electrons. The second kappa shape index (κ2) is 7.67. The number of hydrogen-bond donors (Lipinski definition) is 0. The third kappa shape index (κ3) is 4.44. The van der Waals surface area contributed by atoms with Crippen LogP contribution in [0, 0.1) is 17.2 Å². The van der Waals surface area contributed by atoms with Gasteiger partial charge in [-0.05, 0) is 18.4 Å². The molecule has 1 aromatic rings. The van der Waals surface area contributed by atoms with Crippen LogP contribution in [0.5, 0.6) is 5.75 Å². The largest absolute Gasteiger partial charge is 0.490 e.